The second kappa shape index (κ2) is 3.00. The van der Waals surface area contributed by atoms with E-state index in [0.29, 0.717) is 10.7 Å². The van der Waals surface area contributed by atoms with Gasteiger partial charge in [0.05, 0.1) is 0 Å². The van der Waals surface area contributed by atoms with Crippen molar-refractivity contribution in [2.75, 3.05) is 6.54 Å². The number of carbonyl (C=O) groups is 1. The second-order valence-corrected chi connectivity index (χ2v) is 3.95. The molecular weight excluding hydrogens is 186 g/mol. The maximum atomic E-state index is 10.6. The van der Waals surface area contributed by atoms with Gasteiger partial charge in [-0.3, -0.25) is 9.35 Å². The molecule has 1 unspecified atom stereocenters. The molecule has 2 N–H and O–H groups in total. The molecule has 1 rings (SSSR count). The van der Waals surface area contributed by atoms with Gasteiger partial charge in [-0.05, 0) is 12.8 Å². The standard InChI is InChI=1S/C5H9NO5S/c7-5(8)4-2-1-3-6(4)12(9,10)11/h4H,1-3H2,(H,7,8)(H,9,10,11). The molecule has 0 radical (unpaired) electrons. The summed E-state index contributed by atoms with van der Waals surface area (Å²) in [5.74, 6) is -1.22. The number of carboxylic acid groups (broad SMARTS) is 1. The van der Waals surface area contributed by atoms with E-state index in [-0.39, 0.29) is 13.0 Å². The van der Waals surface area contributed by atoms with Gasteiger partial charge >= 0.3 is 16.3 Å². The fourth-order valence-electron chi connectivity index (χ4n) is 1.26. The first-order chi connectivity index (χ1) is 5.43. The van der Waals surface area contributed by atoms with Crippen LogP contribution in [-0.4, -0.2) is 40.9 Å². The van der Waals surface area contributed by atoms with Crippen molar-refractivity contribution < 1.29 is 22.9 Å². The molecule has 1 heterocycles. The first-order valence-electron chi connectivity index (χ1n) is 3.40. The van der Waals surface area contributed by atoms with Gasteiger partial charge in [0.1, 0.15) is 6.04 Å². The molecule has 0 amide bonds. The number of hydrogen-bond donors (Lipinski definition) is 2. The molecule has 70 valence electrons. The monoisotopic (exact) mass is 195 g/mol. The van der Waals surface area contributed by atoms with Gasteiger partial charge in [0.25, 0.3) is 0 Å². The molecule has 7 heteroatoms. The first kappa shape index (κ1) is 9.43. The Bertz CT molecular complexity index is 284. The number of aliphatic carboxylic acids is 1. The van der Waals surface area contributed by atoms with Gasteiger partial charge in [-0.2, -0.15) is 12.7 Å². The molecule has 1 atom stereocenters. The van der Waals surface area contributed by atoms with Gasteiger partial charge < -0.3 is 5.11 Å². The number of carboxylic acids is 1. The molecule has 6 nitrogen and oxygen atoms in total. The molecule has 0 aliphatic carbocycles. The highest BCUT2D eigenvalue weighted by Gasteiger charge is 2.37. The summed E-state index contributed by atoms with van der Waals surface area (Å²) in [6, 6.07) is -1.10. The lowest BCUT2D eigenvalue weighted by Crippen LogP contribution is -2.39. The van der Waals surface area contributed by atoms with E-state index in [2.05, 4.69) is 0 Å². The lowest BCUT2D eigenvalue weighted by atomic mass is 10.2. The number of rotatable bonds is 2. The molecule has 1 saturated heterocycles. The quantitative estimate of drug-likeness (QED) is 0.570. The molecule has 0 saturated carbocycles. The van der Waals surface area contributed by atoms with Crippen LogP contribution in [0.2, 0.25) is 0 Å². The van der Waals surface area contributed by atoms with Crippen molar-refractivity contribution in [1.29, 1.82) is 0 Å². The fraction of sp³-hybridized carbons (Fsp3) is 0.800. The Morgan fingerprint density at radius 1 is 1.50 bits per heavy atom. The average molecular weight is 195 g/mol. The third kappa shape index (κ3) is 1.74. The topological polar surface area (TPSA) is 94.9 Å². The molecule has 0 aromatic carbocycles. The predicted molar refractivity (Wildman–Crippen MR) is 38.9 cm³/mol. The number of nitrogens with zero attached hydrogens (tertiary/aromatic N) is 1. The van der Waals surface area contributed by atoms with Crippen molar-refractivity contribution >= 4 is 16.3 Å². The third-order valence-corrected chi connectivity index (χ3v) is 2.81. The maximum absolute atomic E-state index is 10.6. The van der Waals surface area contributed by atoms with Crippen molar-refractivity contribution in [2.45, 2.75) is 18.9 Å². The number of hydrogen-bond acceptors (Lipinski definition) is 3. The van der Waals surface area contributed by atoms with Crippen LogP contribution in [0.25, 0.3) is 0 Å². The summed E-state index contributed by atoms with van der Waals surface area (Å²) >= 11 is 0. The van der Waals surface area contributed by atoms with E-state index in [1.54, 1.807) is 0 Å². The lowest BCUT2D eigenvalue weighted by molar-refractivity contribution is -0.140. The summed E-state index contributed by atoms with van der Waals surface area (Å²) in [7, 11) is -4.34. The highest BCUT2D eigenvalue weighted by molar-refractivity contribution is 7.83. The maximum Gasteiger partial charge on any atom is 0.336 e. The van der Waals surface area contributed by atoms with Crippen LogP contribution in [0.5, 0.6) is 0 Å². The fourth-order valence-corrected chi connectivity index (χ4v) is 2.14. The van der Waals surface area contributed by atoms with Crippen molar-refractivity contribution in [3.8, 4) is 0 Å². The molecule has 1 aliphatic rings. The highest BCUT2D eigenvalue weighted by Crippen LogP contribution is 2.19. The van der Waals surface area contributed by atoms with Crippen LogP contribution in [0.3, 0.4) is 0 Å². The van der Waals surface area contributed by atoms with Gasteiger partial charge in [-0.15, -0.1) is 0 Å². The zero-order valence-electron chi connectivity index (χ0n) is 6.17. The van der Waals surface area contributed by atoms with Crippen molar-refractivity contribution in [3.05, 3.63) is 0 Å². The SMILES string of the molecule is O=C(O)C1CCCN1S(=O)(=O)O. The summed E-state index contributed by atoms with van der Waals surface area (Å²) in [5.41, 5.74) is 0. The van der Waals surface area contributed by atoms with Gasteiger partial charge in [0.2, 0.25) is 0 Å². The van der Waals surface area contributed by atoms with E-state index in [4.69, 9.17) is 9.66 Å². The summed E-state index contributed by atoms with van der Waals surface area (Å²) < 4.78 is 30.3. The van der Waals surface area contributed by atoms with E-state index in [1.807, 2.05) is 0 Å². The average Bonchev–Trinajstić information content (AvgIpc) is 2.30. The lowest BCUT2D eigenvalue weighted by Gasteiger charge is -2.15. The van der Waals surface area contributed by atoms with Crippen molar-refractivity contribution in [2.24, 2.45) is 0 Å². The first-order valence-corrected chi connectivity index (χ1v) is 4.79. The van der Waals surface area contributed by atoms with E-state index in [1.165, 1.54) is 0 Å². The van der Waals surface area contributed by atoms with E-state index in [0.717, 1.165) is 0 Å². The van der Waals surface area contributed by atoms with Crippen LogP contribution in [0, 0.1) is 0 Å². The van der Waals surface area contributed by atoms with Gasteiger partial charge in [-0.25, -0.2) is 0 Å². The molecular formula is C5H9NO5S. The highest BCUT2D eigenvalue weighted by atomic mass is 32.2. The van der Waals surface area contributed by atoms with E-state index in [9.17, 15) is 13.2 Å². The Morgan fingerprint density at radius 3 is 2.42 bits per heavy atom. The predicted octanol–water partition coefficient (Wildman–Crippen LogP) is -0.662. The smallest absolute Gasteiger partial charge is 0.336 e. The minimum atomic E-state index is -4.34. The largest absolute Gasteiger partial charge is 0.480 e. The van der Waals surface area contributed by atoms with E-state index >= 15 is 0 Å². The summed E-state index contributed by atoms with van der Waals surface area (Å²) in [6.07, 6.45) is 0.728. The summed E-state index contributed by atoms with van der Waals surface area (Å²) in [4.78, 5) is 10.4. The summed E-state index contributed by atoms with van der Waals surface area (Å²) in [5, 5.41) is 8.53. The third-order valence-electron chi connectivity index (χ3n) is 1.79. The molecule has 1 aliphatic heterocycles. The Kier molecular flexibility index (Phi) is 2.36. The minimum Gasteiger partial charge on any atom is -0.480 e. The van der Waals surface area contributed by atoms with Crippen LogP contribution in [0.1, 0.15) is 12.8 Å². The summed E-state index contributed by atoms with van der Waals surface area (Å²) in [6.45, 7) is 0.0792. The van der Waals surface area contributed by atoms with Gasteiger partial charge in [0.15, 0.2) is 0 Å². The van der Waals surface area contributed by atoms with Crippen LogP contribution in [0.15, 0.2) is 0 Å². The van der Waals surface area contributed by atoms with Crippen molar-refractivity contribution in [3.63, 3.8) is 0 Å². The van der Waals surface area contributed by atoms with Gasteiger partial charge in [-0.1, -0.05) is 0 Å². The van der Waals surface area contributed by atoms with Crippen LogP contribution >= 0.6 is 0 Å². The molecule has 12 heavy (non-hydrogen) atoms. The Hall–Kier alpha value is -0.660. The van der Waals surface area contributed by atoms with Crippen LogP contribution in [-0.2, 0) is 15.1 Å². The van der Waals surface area contributed by atoms with Crippen LogP contribution in [0.4, 0.5) is 0 Å². The molecule has 0 bridgehead atoms. The zero-order valence-corrected chi connectivity index (χ0v) is 6.99. The van der Waals surface area contributed by atoms with Crippen LogP contribution < -0.4 is 0 Å². The molecule has 0 aromatic heterocycles. The van der Waals surface area contributed by atoms with E-state index < -0.39 is 22.3 Å². The second-order valence-electron chi connectivity index (χ2n) is 2.58. The molecule has 1 fully saturated rings. The van der Waals surface area contributed by atoms with Crippen molar-refractivity contribution in [1.82, 2.24) is 4.31 Å². The Labute approximate surface area is 69.7 Å². The van der Waals surface area contributed by atoms with Gasteiger partial charge in [0, 0.05) is 6.54 Å². The zero-order chi connectivity index (χ0) is 9.35. The minimum absolute atomic E-state index is 0.0792. The Morgan fingerprint density at radius 2 is 2.08 bits per heavy atom. The normalized spacial score (nSPS) is 25.9. The molecule has 0 spiro atoms. The Balaban J connectivity index is 2.85. The molecule has 0 aromatic rings.